The summed E-state index contributed by atoms with van der Waals surface area (Å²) in [6, 6.07) is 8.43. The number of unbranched alkanes of at least 4 members (excludes halogenated alkanes) is 2. The van der Waals surface area contributed by atoms with Crippen LogP contribution >= 0.6 is 11.8 Å². The number of allylic oxidation sites excluding steroid dienone is 1. The summed E-state index contributed by atoms with van der Waals surface area (Å²) in [7, 11) is 0. The van der Waals surface area contributed by atoms with E-state index < -0.39 is 0 Å². The second-order valence-electron chi connectivity index (χ2n) is 10.4. The van der Waals surface area contributed by atoms with Crippen molar-refractivity contribution in [3.63, 3.8) is 0 Å². The van der Waals surface area contributed by atoms with Crippen LogP contribution in [0.4, 0.5) is 0 Å². The molecule has 36 heavy (non-hydrogen) atoms. The lowest BCUT2D eigenvalue weighted by atomic mass is 9.62. The molecule has 1 amide bonds. The lowest BCUT2D eigenvalue weighted by Gasteiger charge is -2.42. The van der Waals surface area contributed by atoms with Gasteiger partial charge in [0.25, 0.3) is 5.56 Å². The SMILES string of the molecule is C=CCn1c(SCC(=O)N(CCCC)CCCC)nc2c(c1=O)C1(CCCCC1)Cc1ccccc1-2. The third-order valence-electron chi connectivity index (χ3n) is 7.83. The van der Waals surface area contributed by atoms with Crippen molar-refractivity contribution >= 4 is 17.7 Å². The van der Waals surface area contributed by atoms with Crippen molar-refractivity contribution in [2.45, 2.75) is 95.2 Å². The summed E-state index contributed by atoms with van der Waals surface area (Å²) >= 11 is 1.40. The van der Waals surface area contributed by atoms with Gasteiger partial charge in [-0.05, 0) is 37.7 Å². The zero-order chi connectivity index (χ0) is 25.5. The average molecular weight is 508 g/mol. The number of thioether (sulfide) groups is 1. The van der Waals surface area contributed by atoms with Crippen molar-refractivity contribution in [3.05, 3.63) is 58.4 Å². The van der Waals surface area contributed by atoms with Crippen molar-refractivity contribution in [2.24, 2.45) is 0 Å². The van der Waals surface area contributed by atoms with E-state index in [4.69, 9.17) is 4.98 Å². The Morgan fingerprint density at radius 3 is 2.50 bits per heavy atom. The number of hydrogen-bond donors (Lipinski definition) is 0. The first-order valence-electron chi connectivity index (χ1n) is 13.8. The fourth-order valence-electron chi connectivity index (χ4n) is 5.90. The molecule has 0 saturated heterocycles. The number of aromatic nitrogens is 2. The number of fused-ring (bicyclic) bond motifs is 4. The number of rotatable bonds is 11. The molecule has 1 fully saturated rings. The molecule has 0 bridgehead atoms. The van der Waals surface area contributed by atoms with Crippen LogP contribution in [0.3, 0.4) is 0 Å². The standard InChI is InChI=1S/C30H41N3O2S/c1-4-7-19-32(20-8-5-2)25(34)22-36-29-31-27-24-15-11-10-14-23(24)21-30(16-12-9-13-17-30)26(27)28(35)33(29)18-6-3/h6,10-11,14-15H,3-5,7-9,12-13,16-22H2,1-2H3. The topological polar surface area (TPSA) is 55.2 Å². The molecule has 0 unspecified atom stereocenters. The van der Waals surface area contributed by atoms with E-state index in [1.807, 2.05) is 11.0 Å². The van der Waals surface area contributed by atoms with Gasteiger partial charge in [-0.1, -0.05) is 88.1 Å². The Bertz CT molecular complexity index is 1130. The predicted octanol–water partition coefficient (Wildman–Crippen LogP) is 6.38. The minimum atomic E-state index is -0.134. The highest BCUT2D eigenvalue weighted by atomic mass is 32.2. The first-order chi connectivity index (χ1) is 17.5. The smallest absolute Gasteiger partial charge is 0.258 e. The van der Waals surface area contributed by atoms with Crippen molar-refractivity contribution in [3.8, 4) is 11.3 Å². The molecular weight excluding hydrogens is 466 g/mol. The van der Waals surface area contributed by atoms with Crippen LogP contribution in [0.15, 0.2) is 46.9 Å². The Morgan fingerprint density at radius 1 is 1.14 bits per heavy atom. The van der Waals surface area contributed by atoms with Crippen molar-refractivity contribution < 1.29 is 4.79 Å². The van der Waals surface area contributed by atoms with E-state index in [1.165, 1.54) is 23.7 Å². The molecule has 5 nitrogen and oxygen atoms in total. The van der Waals surface area contributed by atoms with Gasteiger partial charge in [-0.2, -0.15) is 0 Å². The van der Waals surface area contributed by atoms with Crippen LogP contribution in [0.1, 0.15) is 82.8 Å². The fourth-order valence-corrected chi connectivity index (χ4v) is 6.80. The predicted molar refractivity (Wildman–Crippen MR) is 150 cm³/mol. The van der Waals surface area contributed by atoms with Gasteiger partial charge in [0, 0.05) is 30.6 Å². The number of carbonyl (C=O) groups excluding carboxylic acids is 1. The zero-order valence-corrected chi connectivity index (χ0v) is 22.9. The minimum absolute atomic E-state index is 0.0556. The van der Waals surface area contributed by atoms with Gasteiger partial charge in [0.1, 0.15) is 0 Å². The van der Waals surface area contributed by atoms with Crippen molar-refractivity contribution in [1.29, 1.82) is 0 Å². The number of carbonyl (C=O) groups is 1. The van der Waals surface area contributed by atoms with Gasteiger partial charge in [-0.25, -0.2) is 4.98 Å². The van der Waals surface area contributed by atoms with Crippen LogP contribution in [0.25, 0.3) is 11.3 Å². The van der Waals surface area contributed by atoms with Gasteiger partial charge in [-0.15, -0.1) is 6.58 Å². The maximum Gasteiger partial charge on any atom is 0.258 e. The van der Waals surface area contributed by atoms with E-state index in [9.17, 15) is 9.59 Å². The number of amides is 1. The first kappa shape index (κ1) is 26.7. The summed E-state index contributed by atoms with van der Waals surface area (Å²) in [6.45, 7) is 10.2. The molecule has 1 aromatic heterocycles. The van der Waals surface area contributed by atoms with Crippen molar-refractivity contribution in [2.75, 3.05) is 18.8 Å². The van der Waals surface area contributed by atoms with Gasteiger partial charge < -0.3 is 4.90 Å². The van der Waals surface area contributed by atoms with Gasteiger partial charge in [-0.3, -0.25) is 14.2 Å². The summed E-state index contributed by atoms with van der Waals surface area (Å²) < 4.78 is 1.76. The molecule has 194 valence electrons. The molecular formula is C30H41N3O2S. The van der Waals surface area contributed by atoms with Gasteiger partial charge in [0.2, 0.25) is 5.91 Å². The lowest BCUT2D eigenvalue weighted by molar-refractivity contribution is -0.128. The van der Waals surface area contributed by atoms with E-state index in [-0.39, 0.29) is 16.9 Å². The zero-order valence-electron chi connectivity index (χ0n) is 22.1. The van der Waals surface area contributed by atoms with E-state index in [2.05, 4.69) is 38.6 Å². The molecule has 1 aromatic carbocycles. The Hall–Kier alpha value is -2.34. The maximum absolute atomic E-state index is 14.1. The summed E-state index contributed by atoms with van der Waals surface area (Å²) in [5, 5.41) is 0.626. The summed E-state index contributed by atoms with van der Waals surface area (Å²) in [6.07, 6.45) is 12.4. The van der Waals surface area contributed by atoms with Gasteiger partial charge in [0.05, 0.1) is 17.0 Å². The molecule has 0 N–H and O–H groups in total. The van der Waals surface area contributed by atoms with Crippen LogP contribution in [-0.2, 0) is 23.2 Å². The minimum Gasteiger partial charge on any atom is -0.342 e. The molecule has 0 atom stereocenters. The normalized spacial score (nSPS) is 15.8. The van der Waals surface area contributed by atoms with E-state index in [0.717, 1.165) is 87.7 Å². The molecule has 1 saturated carbocycles. The molecule has 1 heterocycles. The Balaban J connectivity index is 1.72. The first-order valence-corrected chi connectivity index (χ1v) is 14.8. The number of hydrogen-bond acceptors (Lipinski definition) is 4. The Morgan fingerprint density at radius 2 is 1.83 bits per heavy atom. The van der Waals surface area contributed by atoms with E-state index in [0.29, 0.717) is 17.5 Å². The Kier molecular flexibility index (Phi) is 9.10. The molecule has 2 aliphatic rings. The van der Waals surface area contributed by atoms with Crippen LogP contribution < -0.4 is 5.56 Å². The van der Waals surface area contributed by atoms with E-state index in [1.54, 1.807) is 10.6 Å². The summed E-state index contributed by atoms with van der Waals surface area (Å²) in [5.74, 6) is 0.422. The molecule has 1 spiro atoms. The van der Waals surface area contributed by atoms with E-state index >= 15 is 0 Å². The van der Waals surface area contributed by atoms with Crippen LogP contribution in [-0.4, -0.2) is 39.2 Å². The maximum atomic E-state index is 14.1. The highest BCUT2D eigenvalue weighted by Gasteiger charge is 2.43. The highest BCUT2D eigenvalue weighted by Crippen LogP contribution is 2.48. The second kappa shape index (κ2) is 12.3. The average Bonchev–Trinajstić information content (AvgIpc) is 2.89. The van der Waals surface area contributed by atoms with Crippen LogP contribution in [0, 0.1) is 0 Å². The summed E-state index contributed by atoms with van der Waals surface area (Å²) in [4.78, 5) is 34.5. The van der Waals surface area contributed by atoms with Gasteiger partial charge >= 0.3 is 0 Å². The van der Waals surface area contributed by atoms with Crippen LogP contribution in [0.2, 0.25) is 0 Å². The van der Waals surface area contributed by atoms with Gasteiger partial charge in [0.15, 0.2) is 5.16 Å². The highest BCUT2D eigenvalue weighted by molar-refractivity contribution is 7.99. The largest absolute Gasteiger partial charge is 0.342 e. The molecule has 6 heteroatoms. The molecule has 2 aliphatic carbocycles. The molecule has 4 rings (SSSR count). The van der Waals surface area contributed by atoms with Crippen LogP contribution in [0.5, 0.6) is 0 Å². The quantitative estimate of drug-likeness (QED) is 0.201. The lowest BCUT2D eigenvalue weighted by Crippen LogP contribution is -2.43. The third kappa shape index (κ3) is 5.49. The third-order valence-corrected chi connectivity index (χ3v) is 8.79. The number of nitrogens with zero attached hydrogens (tertiary/aromatic N) is 3. The number of benzene rings is 1. The Labute approximate surface area is 220 Å². The molecule has 0 radical (unpaired) electrons. The fraction of sp³-hybridized carbons (Fsp3) is 0.567. The monoisotopic (exact) mass is 507 g/mol. The second-order valence-corrected chi connectivity index (χ2v) is 11.3. The summed E-state index contributed by atoms with van der Waals surface area (Å²) in [5.41, 5.74) is 4.02. The molecule has 2 aromatic rings. The molecule has 0 aliphatic heterocycles. The van der Waals surface area contributed by atoms with Crippen molar-refractivity contribution in [1.82, 2.24) is 14.5 Å².